The van der Waals surface area contributed by atoms with Crippen LogP contribution in [-0.4, -0.2) is 51.5 Å². The SMILES string of the molecule is CCc1noc(CCC(=O)N2CCCC2c2ccc(CN(C)C)cn2)n1. The Bertz CT molecular complexity index is 726. The van der Waals surface area contributed by atoms with Gasteiger partial charge in [-0.05, 0) is 38.6 Å². The molecule has 1 saturated heterocycles. The number of aryl methyl sites for hydroxylation is 2. The van der Waals surface area contributed by atoms with Crippen molar-refractivity contribution in [1.29, 1.82) is 0 Å². The highest BCUT2D eigenvalue weighted by molar-refractivity contribution is 5.77. The lowest BCUT2D eigenvalue weighted by atomic mass is 10.1. The first-order valence-corrected chi connectivity index (χ1v) is 9.27. The van der Waals surface area contributed by atoms with Crippen molar-refractivity contribution in [2.24, 2.45) is 0 Å². The minimum Gasteiger partial charge on any atom is -0.339 e. The number of hydrogen-bond acceptors (Lipinski definition) is 6. The molecular formula is C19H27N5O2. The van der Waals surface area contributed by atoms with Crippen molar-refractivity contribution in [1.82, 2.24) is 24.9 Å². The zero-order valence-corrected chi connectivity index (χ0v) is 15.8. The van der Waals surface area contributed by atoms with Crippen LogP contribution in [0.4, 0.5) is 0 Å². The van der Waals surface area contributed by atoms with Crippen LogP contribution in [0.3, 0.4) is 0 Å². The van der Waals surface area contributed by atoms with Gasteiger partial charge >= 0.3 is 0 Å². The molecule has 1 fully saturated rings. The van der Waals surface area contributed by atoms with Gasteiger partial charge in [-0.15, -0.1) is 0 Å². The van der Waals surface area contributed by atoms with E-state index in [-0.39, 0.29) is 11.9 Å². The highest BCUT2D eigenvalue weighted by Crippen LogP contribution is 2.31. The van der Waals surface area contributed by atoms with Crippen LogP contribution < -0.4 is 0 Å². The number of nitrogens with zero attached hydrogens (tertiary/aromatic N) is 5. The van der Waals surface area contributed by atoms with Crippen LogP contribution in [0.15, 0.2) is 22.9 Å². The molecule has 7 heteroatoms. The number of pyridine rings is 1. The fourth-order valence-electron chi connectivity index (χ4n) is 3.36. The van der Waals surface area contributed by atoms with Gasteiger partial charge in [0.25, 0.3) is 0 Å². The molecule has 3 heterocycles. The van der Waals surface area contributed by atoms with Crippen LogP contribution in [0, 0.1) is 0 Å². The highest BCUT2D eigenvalue weighted by Gasteiger charge is 2.30. The molecule has 0 aliphatic carbocycles. The summed E-state index contributed by atoms with van der Waals surface area (Å²) < 4.78 is 5.18. The van der Waals surface area contributed by atoms with E-state index in [0.717, 1.165) is 38.0 Å². The molecule has 1 amide bonds. The van der Waals surface area contributed by atoms with Gasteiger partial charge in [0.15, 0.2) is 5.82 Å². The third kappa shape index (κ3) is 4.46. The molecule has 2 aromatic heterocycles. The first kappa shape index (κ1) is 18.5. The minimum absolute atomic E-state index is 0.0739. The standard InChI is InChI=1S/C19H27N5O2/c1-4-17-21-18(26-22-17)9-10-19(25)24-11-5-6-16(24)15-8-7-14(12-20-15)13-23(2)3/h7-8,12,16H,4-6,9-11,13H2,1-3H3. The van der Waals surface area contributed by atoms with Gasteiger partial charge in [-0.2, -0.15) is 4.98 Å². The number of hydrogen-bond donors (Lipinski definition) is 0. The highest BCUT2D eigenvalue weighted by atomic mass is 16.5. The van der Waals surface area contributed by atoms with Gasteiger partial charge in [0, 0.05) is 38.5 Å². The van der Waals surface area contributed by atoms with E-state index in [2.05, 4.69) is 32.2 Å². The smallest absolute Gasteiger partial charge is 0.227 e. The van der Waals surface area contributed by atoms with Gasteiger partial charge in [-0.1, -0.05) is 18.1 Å². The van der Waals surface area contributed by atoms with E-state index in [1.807, 2.05) is 32.1 Å². The molecule has 140 valence electrons. The number of rotatable bonds is 7. The molecule has 1 aliphatic heterocycles. The van der Waals surface area contributed by atoms with Crippen molar-refractivity contribution in [3.8, 4) is 0 Å². The molecule has 0 spiro atoms. The average molecular weight is 357 g/mol. The maximum absolute atomic E-state index is 12.7. The van der Waals surface area contributed by atoms with E-state index in [1.54, 1.807) is 0 Å². The minimum atomic E-state index is 0.0739. The fraction of sp³-hybridized carbons (Fsp3) is 0.579. The van der Waals surface area contributed by atoms with Gasteiger partial charge < -0.3 is 14.3 Å². The van der Waals surface area contributed by atoms with Crippen molar-refractivity contribution in [2.45, 2.75) is 51.6 Å². The number of likely N-dealkylation sites (tertiary alicyclic amines) is 1. The van der Waals surface area contributed by atoms with E-state index >= 15 is 0 Å². The summed E-state index contributed by atoms with van der Waals surface area (Å²) in [6.07, 6.45) is 5.51. The zero-order chi connectivity index (χ0) is 18.5. The van der Waals surface area contributed by atoms with Crippen molar-refractivity contribution in [3.05, 3.63) is 41.3 Å². The van der Waals surface area contributed by atoms with Gasteiger partial charge in [0.05, 0.1) is 11.7 Å². The summed E-state index contributed by atoms with van der Waals surface area (Å²) in [5, 5.41) is 3.88. The first-order valence-electron chi connectivity index (χ1n) is 9.27. The van der Waals surface area contributed by atoms with Crippen LogP contribution in [-0.2, 0) is 24.2 Å². The van der Waals surface area contributed by atoms with Crippen LogP contribution in [0.1, 0.15) is 55.2 Å². The second-order valence-electron chi connectivity index (χ2n) is 7.03. The van der Waals surface area contributed by atoms with Crippen molar-refractivity contribution >= 4 is 5.91 Å². The van der Waals surface area contributed by atoms with Crippen LogP contribution >= 0.6 is 0 Å². The molecule has 7 nitrogen and oxygen atoms in total. The summed E-state index contributed by atoms with van der Waals surface area (Å²) in [5.74, 6) is 1.36. The number of carbonyl (C=O) groups is 1. The van der Waals surface area contributed by atoms with Gasteiger partial charge in [-0.25, -0.2) is 0 Å². The maximum Gasteiger partial charge on any atom is 0.227 e. The first-order chi connectivity index (χ1) is 12.6. The summed E-state index contributed by atoms with van der Waals surface area (Å²) in [6.45, 7) is 3.63. The Kier molecular flexibility index (Phi) is 5.98. The molecule has 1 atom stereocenters. The Morgan fingerprint density at radius 3 is 2.88 bits per heavy atom. The largest absolute Gasteiger partial charge is 0.339 e. The monoisotopic (exact) mass is 357 g/mol. The van der Waals surface area contributed by atoms with E-state index < -0.39 is 0 Å². The molecule has 0 N–H and O–H groups in total. The third-order valence-corrected chi connectivity index (χ3v) is 4.64. The van der Waals surface area contributed by atoms with E-state index in [4.69, 9.17) is 4.52 Å². The van der Waals surface area contributed by atoms with Crippen molar-refractivity contribution < 1.29 is 9.32 Å². The third-order valence-electron chi connectivity index (χ3n) is 4.64. The lowest BCUT2D eigenvalue weighted by Crippen LogP contribution is -2.31. The topological polar surface area (TPSA) is 75.4 Å². The normalized spacial score (nSPS) is 17.2. The summed E-state index contributed by atoms with van der Waals surface area (Å²) in [4.78, 5) is 25.6. The predicted molar refractivity (Wildman–Crippen MR) is 97.3 cm³/mol. The quantitative estimate of drug-likeness (QED) is 0.757. The Morgan fingerprint density at radius 2 is 2.23 bits per heavy atom. The summed E-state index contributed by atoms with van der Waals surface area (Å²) in [5.41, 5.74) is 2.15. The lowest BCUT2D eigenvalue weighted by Gasteiger charge is -2.24. The summed E-state index contributed by atoms with van der Waals surface area (Å²) in [6, 6.07) is 4.24. The molecule has 3 rings (SSSR count). The molecule has 0 radical (unpaired) electrons. The Balaban J connectivity index is 1.60. The molecule has 2 aromatic rings. The second-order valence-corrected chi connectivity index (χ2v) is 7.03. The summed E-state index contributed by atoms with van der Waals surface area (Å²) in [7, 11) is 4.08. The maximum atomic E-state index is 12.7. The molecule has 1 unspecified atom stereocenters. The van der Waals surface area contributed by atoms with Crippen LogP contribution in [0.25, 0.3) is 0 Å². The van der Waals surface area contributed by atoms with E-state index in [0.29, 0.717) is 24.6 Å². The average Bonchev–Trinajstić information content (AvgIpc) is 3.29. The number of aromatic nitrogens is 3. The molecule has 26 heavy (non-hydrogen) atoms. The van der Waals surface area contributed by atoms with Crippen molar-refractivity contribution in [3.63, 3.8) is 0 Å². The zero-order valence-electron chi connectivity index (χ0n) is 15.8. The van der Waals surface area contributed by atoms with Crippen LogP contribution in [0.2, 0.25) is 0 Å². The number of carbonyl (C=O) groups excluding carboxylic acids is 1. The predicted octanol–water partition coefficient (Wildman–Crippen LogP) is 2.38. The van der Waals surface area contributed by atoms with Gasteiger partial charge in [0.1, 0.15) is 0 Å². The Morgan fingerprint density at radius 1 is 1.38 bits per heavy atom. The van der Waals surface area contributed by atoms with E-state index in [9.17, 15) is 4.79 Å². The Labute approximate surface area is 154 Å². The number of amides is 1. The summed E-state index contributed by atoms with van der Waals surface area (Å²) >= 11 is 0. The van der Waals surface area contributed by atoms with Gasteiger partial charge in [-0.3, -0.25) is 9.78 Å². The lowest BCUT2D eigenvalue weighted by molar-refractivity contribution is -0.132. The molecule has 0 saturated carbocycles. The molecule has 0 aromatic carbocycles. The van der Waals surface area contributed by atoms with Gasteiger partial charge in [0.2, 0.25) is 11.8 Å². The van der Waals surface area contributed by atoms with Crippen molar-refractivity contribution in [2.75, 3.05) is 20.6 Å². The molecule has 1 aliphatic rings. The molecular weight excluding hydrogens is 330 g/mol. The second kappa shape index (κ2) is 8.40. The Hall–Kier alpha value is -2.28. The molecule has 0 bridgehead atoms. The van der Waals surface area contributed by atoms with Crippen LogP contribution in [0.5, 0.6) is 0 Å². The fourth-order valence-corrected chi connectivity index (χ4v) is 3.36. The van der Waals surface area contributed by atoms with E-state index in [1.165, 1.54) is 5.56 Å².